The van der Waals surface area contributed by atoms with Crippen molar-refractivity contribution >= 4 is 15.9 Å². The van der Waals surface area contributed by atoms with E-state index in [1.54, 1.807) is 4.90 Å². The molecule has 0 aromatic carbocycles. The van der Waals surface area contributed by atoms with Crippen LogP contribution in [0.2, 0.25) is 0 Å². The molecule has 0 heterocycles. The van der Waals surface area contributed by atoms with Crippen molar-refractivity contribution in [1.82, 2.24) is 4.90 Å². The molecule has 0 bridgehead atoms. The molecule has 5 nitrogen and oxygen atoms in total. The van der Waals surface area contributed by atoms with Crippen molar-refractivity contribution in [2.24, 2.45) is 11.1 Å². The summed E-state index contributed by atoms with van der Waals surface area (Å²) in [7, 11) is -3.46. The first kappa shape index (κ1) is 17.4. The summed E-state index contributed by atoms with van der Waals surface area (Å²) in [5.74, 6) is 0.418. The van der Waals surface area contributed by atoms with Crippen LogP contribution in [0.3, 0.4) is 0 Å². The fourth-order valence-corrected chi connectivity index (χ4v) is 2.40. The molecule has 0 aliphatic rings. The van der Waals surface area contributed by atoms with E-state index in [1.165, 1.54) is 0 Å². The highest BCUT2D eigenvalue weighted by molar-refractivity contribution is 7.89. The van der Waals surface area contributed by atoms with Crippen molar-refractivity contribution in [2.45, 2.75) is 46.5 Å². The lowest BCUT2D eigenvalue weighted by Crippen LogP contribution is -2.35. The Kier molecular flexibility index (Phi) is 8.18. The van der Waals surface area contributed by atoms with Gasteiger partial charge in [-0.3, -0.25) is 4.79 Å². The number of primary sulfonamides is 1. The van der Waals surface area contributed by atoms with Crippen molar-refractivity contribution in [3.8, 4) is 0 Å². The summed E-state index contributed by atoms with van der Waals surface area (Å²) in [5, 5.41) is 4.90. The Balaban J connectivity index is 4.18. The molecule has 0 aliphatic carbocycles. The molecular weight excluding hydrogens is 252 g/mol. The molecular formula is C12H26N2O3S. The summed E-state index contributed by atoms with van der Waals surface area (Å²) in [4.78, 5) is 13.7. The monoisotopic (exact) mass is 278 g/mol. The van der Waals surface area contributed by atoms with Crippen molar-refractivity contribution in [1.29, 1.82) is 0 Å². The fraction of sp³-hybridized carbons (Fsp3) is 0.917. The van der Waals surface area contributed by atoms with E-state index in [0.717, 1.165) is 19.4 Å². The SMILES string of the molecule is CCC(CC)CN(CC)C(=O)CCCS(N)(=O)=O. The maximum absolute atomic E-state index is 11.9. The standard InChI is InChI=1S/C12H26N2O3S/c1-4-11(5-2)10-14(6-3)12(15)8-7-9-18(13,16)17/h11H,4-10H2,1-3H3,(H2,13,16,17). The first-order chi connectivity index (χ1) is 8.34. The molecule has 0 saturated heterocycles. The summed E-state index contributed by atoms with van der Waals surface area (Å²) in [6.07, 6.45) is 2.66. The van der Waals surface area contributed by atoms with Crippen LogP contribution in [-0.2, 0) is 14.8 Å². The lowest BCUT2D eigenvalue weighted by atomic mass is 10.0. The molecule has 0 unspecified atom stereocenters. The summed E-state index contributed by atoms with van der Waals surface area (Å²) in [6.45, 7) is 7.61. The second kappa shape index (κ2) is 8.48. The number of hydrogen-bond donors (Lipinski definition) is 1. The minimum atomic E-state index is -3.46. The van der Waals surface area contributed by atoms with Crippen LogP contribution in [-0.4, -0.2) is 38.1 Å². The van der Waals surface area contributed by atoms with Crippen LogP contribution in [0.25, 0.3) is 0 Å². The van der Waals surface area contributed by atoms with Crippen LogP contribution in [0.1, 0.15) is 46.5 Å². The molecule has 108 valence electrons. The Morgan fingerprint density at radius 1 is 1.22 bits per heavy atom. The number of carbonyl (C=O) groups excluding carboxylic acids is 1. The zero-order valence-corrected chi connectivity index (χ0v) is 12.5. The van der Waals surface area contributed by atoms with Gasteiger partial charge in [0.15, 0.2) is 0 Å². The molecule has 2 N–H and O–H groups in total. The maximum Gasteiger partial charge on any atom is 0.222 e. The number of hydrogen-bond acceptors (Lipinski definition) is 3. The normalized spacial score (nSPS) is 11.8. The second-order valence-corrected chi connectivity index (χ2v) is 6.32. The quantitative estimate of drug-likeness (QED) is 0.691. The zero-order chi connectivity index (χ0) is 14.2. The zero-order valence-electron chi connectivity index (χ0n) is 11.7. The highest BCUT2D eigenvalue weighted by Gasteiger charge is 2.16. The van der Waals surface area contributed by atoms with Crippen molar-refractivity contribution < 1.29 is 13.2 Å². The molecule has 0 spiro atoms. The average molecular weight is 278 g/mol. The lowest BCUT2D eigenvalue weighted by molar-refractivity contribution is -0.131. The smallest absolute Gasteiger partial charge is 0.222 e. The van der Waals surface area contributed by atoms with Crippen molar-refractivity contribution in [3.63, 3.8) is 0 Å². The Morgan fingerprint density at radius 2 is 1.78 bits per heavy atom. The van der Waals surface area contributed by atoms with Gasteiger partial charge in [-0.25, -0.2) is 13.6 Å². The summed E-state index contributed by atoms with van der Waals surface area (Å²) in [5.41, 5.74) is 0. The topological polar surface area (TPSA) is 80.5 Å². The van der Waals surface area contributed by atoms with Crippen LogP contribution in [0.15, 0.2) is 0 Å². The molecule has 0 fully saturated rings. The van der Waals surface area contributed by atoms with E-state index in [0.29, 0.717) is 18.9 Å². The first-order valence-electron chi connectivity index (χ1n) is 6.62. The van der Waals surface area contributed by atoms with Gasteiger partial charge in [-0.2, -0.15) is 0 Å². The van der Waals surface area contributed by atoms with Crippen molar-refractivity contribution in [2.75, 3.05) is 18.8 Å². The molecule has 0 aromatic rings. The van der Waals surface area contributed by atoms with Gasteiger partial charge in [0.25, 0.3) is 0 Å². The van der Waals surface area contributed by atoms with E-state index in [-0.39, 0.29) is 18.1 Å². The minimum absolute atomic E-state index is 0.0213. The lowest BCUT2D eigenvalue weighted by Gasteiger charge is -2.25. The number of sulfonamides is 1. The molecule has 0 atom stereocenters. The number of nitrogens with two attached hydrogens (primary N) is 1. The summed E-state index contributed by atoms with van der Waals surface area (Å²) in [6, 6.07) is 0. The molecule has 0 aromatic heterocycles. The van der Waals surface area contributed by atoms with Gasteiger partial charge in [0, 0.05) is 19.5 Å². The predicted octanol–water partition coefficient (Wildman–Crippen LogP) is 1.34. The van der Waals surface area contributed by atoms with Gasteiger partial charge in [-0.1, -0.05) is 26.7 Å². The van der Waals surface area contributed by atoms with E-state index in [4.69, 9.17) is 5.14 Å². The highest BCUT2D eigenvalue weighted by Crippen LogP contribution is 2.11. The Bertz CT molecular complexity index is 337. The minimum Gasteiger partial charge on any atom is -0.343 e. The van der Waals surface area contributed by atoms with E-state index in [2.05, 4.69) is 13.8 Å². The Morgan fingerprint density at radius 3 is 2.17 bits per heavy atom. The summed E-state index contributed by atoms with van der Waals surface area (Å²) >= 11 is 0. The Labute approximate surface area is 111 Å². The molecule has 0 aliphatic heterocycles. The number of rotatable bonds is 9. The van der Waals surface area contributed by atoms with Crippen LogP contribution < -0.4 is 5.14 Å². The largest absolute Gasteiger partial charge is 0.343 e. The molecule has 1 amide bonds. The van der Waals surface area contributed by atoms with E-state index < -0.39 is 10.0 Å². The second-order valence-electron chi connectivity index (χ2n) is 4.59. The average Bonchev–Trinajstić information content (AvgIpc) is 2.29. The molecule has 0 radical (unpaired) electrons. The van der Waals surface area contributed by atoms with Gasteiger partial charge < -0.3 is 4.90 Å². The van der Waals surface area contributed by atoms with Gasteiger partial charge in [0.1, 0.15) is 0 Å². The van der Waals surface area contributed by atoms with E-state index in [1.807, 2.05) is 6.92 Å². The van der Waals surface area contributed by atoms with Crippen LogP contribution >= 0.6 is 0 Å². The third-order valence-electron chi connectivity index (χ3n) is 3.19. The summed E-state index contributed by atoms with van der Waals surface area (Å²) < 4.78 is 21.6. The molecule has 0 rings (SSSR count). The molecule has 6 heteroatoms. The van der Waals surface area contributed by atoms with Gasteiger partial charge in [0.2, 0.25) is 15.9 Å². The van der Waals surface area contributed by atoms with Crippen LogP contribution in [0.4, 0.5) is 0 Å². The van der Waals surface area contributed by atoms with Crippen molar-refractivity contribution in [3.05, 3.63) is 0 Å². The third-order valence-corrected chi connectivity index (χ3v) is 4.04. The van der Waals surface area contributed by atoms with Crippen LogP contribution in [0.5, 0.6) is 0 Å². The number of carbonyl (C=O) groups is 1. The van der Waals surface area contributed by atoms with Gasteiger partial charge in [-0.05, 0) is 19.3 Å². The molecule has 18 heavy (non-hydrogen) atoms. The van der Waals surface area contributed by atoms with Crippen LogP contribution in [0, 0.1) is 5.92 Å². The highest BCUT2D eigenvalue weighted by atomic mass is 32.2. The van der Waals surface area contributed by atoms with Gasteiger partial charge in [0.05, 0.1) is 5.75 Å². The fourth-order valence-electron chi connectivity index (χ4n) is 1.85. The third kappa shape index (κ3) is 7.66. The number of amides is 1. The number of nitrogens with zero attached hydrogens (tertiary/aromatic N) is 1. The maximum atomic E-state index is 11.9. The van der Waals surface area contributed by atoms with Gasteiger partial charge >= 0.3 is 0 Å². The van der Waals surface area contributed by atoms with E-state index >= 15 is 0 Å². The van der Waals surface area contributed by atoms with E-state index in [9.17, 15) is 13.2 Å². The Hall–Kier alpha value is -0.620. The molecule has 0 saturated carbocycles. The van der Waals surface area contributed by atoms with Gasteiger partial charge in [-0.15, -0.1) is 0 Å². The predicted molar refractivity (Wildman–Crippen MR) is 73.5 cm³/mol. The first-order valence-corrected chi connectivity index (χ1v) is 8.33.